The van der Waals surface area contributed by atoms with E-state index >= 15 is 0 Å². The highest BCUT2D eigenvalue weighted by atomic mass is 79.9. The Bertz CT molecular complexity index is 529. The Labute approximate surface area is 128 Å². The maximum atomic E-state index is 6.00. The molecule has 3 nitrogen and oxygen atoms in total. The van der Waals surface area contributed by atoms with Crippen LogP contribution in [0.5, 0.6) is 5.75 Å². The van der Waals surface area contributed by atoms with E-state index in [1.165, 1.54) is 16.7 Å². The summed E-state index contributed by atoms with van der Waals surface area (Å²) < 4.78 is 7.10. The Morgan fingerprint density at radius 3 is 2.55 bits per heavy atom. The topological polar surface area (TPSA) is 37.9 Å². The molecular formula is C16H21BrN2O. The molecule has 0 saturated heterocycles. The van der Waals surface area contributed by atoms with Gasteiger partial charge in [0.25, 0.3) is 0 Å². The molecule has 1 N–H and O–H groups in total. The number of hydrogen-bond acceptors (Lipinski definition) is 2. The Morgan fingerprint density at radius 2 is 2.00 bits per heavy atom. The summed E-state index contributed by atoms with van der Waals surface area (Å²) in [6.45, 7) is 7.10. The van der Waals surface area contributed by atoms with Crippen LogP contribution in [0.25, 0.3) is 0 Å². The van der Waals surface area contributed by atoms with Crippen molar-refractivity contribution in [3.05, 3.63) is 45.7 Å². The van der Waals surface area contributed by atoms with Crippen LogP contribution in [0.2, 0.25) is 0 Å². The molecule has 0 saturated carbocycles. The van der Waals surface area contributed by atoms with Crippen molar-refractivity contribution in [2.24, 2.45) is 0 Å². The molecule has 108 valence electrons. The number of benzene rings is 1. The highest BCUT2D eigenvalue weighted by Gasteiger charge is 2.12. The van der Waals surface area contributed by atoms with E-state index in [0.29, 0.717) is 5.92 Å². The van der Waals surface area contributed by atoms with E-state index in [0.717, 1.165) is 29.7 Å². The van der Waals surface area contributed by atoms with Crippen molar-refractivity contribution in [3.8, 4) is 5.75 Å². The zero-order valence-electron chi connectivity index (χ0n) is 12.2. The molecule has 0 aliphatic carbocycles. The fraction of sp³-hybridized carbons (Fsp3) is 0.438. The zero-order chi connectivity index (χ0) is 14.5. The molecule has 0 amide bonds. The summed E-state index contributed by atoms with van der Waals surface area (Å²) in [5, 5.41) is 6.91. The van der Waals surface area contributed by atoms with Gasteiger partial charge in [-0.25, -0.2) is 0 Å². The van der Waals surface area contributed by atoms with Gasteiger partial charge < -0.3 is 4.74 Å². The van der Waals surface area contributed by atoms with Crippen molar-refractivity contribution in [2.75, 3.05) is 6.61 Å². The molecule has 1 aromatic carbocycles. The van der Waals surface area contributed by atoms with E-state index in [1.54, 1.807) is 0 Å². The van der Waals surface area contributed by atoms with Crippen molar-refractivity contribution in [1.82, 2.24) is 10.2 Å². The van der Waals surface area contributed by atoms with E-state index in [4.69, 9.17) is 4.74 Å². The molecule has 0 aliphatic heterocycles. The monoisotopic (exact) mass is 336 g/mol. The number of nitrogens with one attached hydrogen (secondary N) is 1. The van der Waals surface area contributed by atoms with Crippen LogP contribution in [0, 0.1) is 13.8 Å². The normalized spacial score (nSPS) is 12.4. The summed E-state index contributed by atoms with van der Waals surface area (Å²) >= 11 is 3.51. The van der Waals surface area contributed by atoms with E-state index in [-0.39, 0.29) is 0 Å². The van der Waals surface area contributed by atoms with Crippen LogP contribution >= 0.6 is 15.9 Å². The molecule has 0 aliphatic rings. The molecule has 1 unspecified atom stereocenters. The number of nitrogens with zero attached hydrogens (tertiary/aromatic N) is 1. The first-order chi connectivity index (χ1) is 9.61. The number of hydrogen-bond donors (Lipinski definition) is 1. The van der Waals surface area contributed by atoms with Crippen LogP contribution in [0.3, 0.4) is 0 Å². The maximum absolute atomic E-state index is 6.00. The Balaban J connectivity index is 1.96. The molecular weight excluding hydrogens is 316 g/mol. The van der Waals surface area contributed by atoms with Crippen LogP contribution in [-0.4, -0.2) is 16.8 Å². The summed E-state index contributed by atoms with van der Waals surface area (Å²) in [6, 6.07) is 4.19. The smallest absolute Gasteiger partial charge is 0.125 e. The molecule has 20 heavy (non-hydrogen) atoms. The van der Waals surface area contributed by atoms with Crippen molar-refractivity contribution in [3.63, 3.8) is 0 Å². The third-order valence-electron chi connectivity index (χ3n) is 3.62. The molecule has 0 spiro atoms. The largest absolute Gasteiger partial charge is 0.493 e. The van der Waals surface area contributed by atoms with Crippen molar-refractivity contribution in [1.29, 1.82) is 0 Å². The van der Waals surface area contributed by atoms with Crippen molar-refractivity contribution >= 4 is 15.9 Å². The average molecular weight is 337 g/mol. The lowest BCUT2D eigenvalue weighted by Crippen LogP contribution is -2.06. The van der Waals surface area contributed by atoms with Gasteiger partial charge in [-0.2, -0.15) is 5.10 Å². The molecule has 0 bridgehead atoms. The maximum Gasteiger partial charge on any atom is 0.125 e. The van der Waals surface area contributed by atoms with Gasteiger partial charge in [0.1, 0.15) is 5.75 Å². The third kappa shape index (κ3) is 3.63. The summed E-state index contributed by atoms with van der Waals surface area (Å²) in [7, 11) is 0. The van der Waals surface area contributed by atoms with Crippen LogP contribution < -0.4 is 4.74 Å². The minimum absolute atomic E-state index is 0.504. The number of H-pyrrole nitrogens is 1. The Morgan fingerprint density at radius 1 is 1.30 bits per heavy atom. The number of aromatic nitrogens is 2. The van der Waals surface area contributed by atoms with Crippen molar-refractivity contribution < 1.29 is 4.74 Å². The van der Waals surface area contributed by atoms with Gasteiger partial charge in [-0.05, 0) is 61.4 Å². The fourth-order valence-corrected chi connectivity index (χ4v) is 3.21. The lowest BCUT2D eigenvalue weighted by atomic mass is 9.96. The van der Waals surface area contributed by atoms with E-state index in [2.05, 4.69) is 59.0 Å². The molecule has 1 aromatic heterocycles. The van der Waals surface area contributed by atoms with Gasteiger partial charge >= 0.3 is 0 Å². The fourth-order valence-electron chi connectivity index (χ4n) is 2.52. The van der Waals surface area contributed by atoms with Gasteiger partial charge in [-0.1, -0.05) is 22.9 Å². The first-order valence-corrected chi connectivity index (χ1v) is 7.79. The van der Waals surface area contributed by atoms with Gasteiger partial charge in [0.05, 0.1) is 12.8 Å². The number of halogens is 1. The van der Waals surface area contributed by atoms with E-state index in [1.807, 2.05) is 12.4 Å². The molecule has 2 aromatic rings. The highest BCUT2D eigenvalue weighted by molar-refractivity contribution is 9.10. The number of aryl methyl sites for hydroxylation is 2. The number of rotatable bonds is 6. The molecule has 0 radical (unpaired) electrons. The first-order valence-electron chi connectivity index (χ1n) is 7.00. The summed E-state index contributed by atoms with van der Waals surface area (Å²) in [6.07, 6.45) is 5.99. The standard InChI is InChI=1S/C16H21BrN2O/c1-4-13(14-9-18-19-10-14)5-6-20-16-11(2)7-15(17)8-12(16)3/h7-10,13H,4-6H2,1-3H3,(H,18,19). The second-order valence-electron chi connectivity index (χ2n) is 5.14. The molecule has 2 rings (SSSR count). The first kappa shape index (κ1) is 15.1. The number of ether oxygens (including phenoxy) is 1. The Hall–Kier alpha value is -1.29. The molecule has 1 heterocycles. The summed E-state index contributed by atoms with van der Waals surface area (Å²) in [5.74, 6) is 1.51. The lowest BCUT2D eigenvalue weighted by molar-refractivity contribution is 0.292. The van der Waals surface area contributed by atoms with Gasteiger partial charge in [0.2, 0.25) is 0 Å². The zero-order valence-corrected chi connectivity index (χ0v) is 13.8. The quantitative estimate of drug-likeness (QED) is 0.826. The average Bonchev–Trinajstić information content (AvgIpc) is 2.90. The minimum Gasteiger partial charge on any atom is -0.493 e. The predicted octanol–water partition coefficient (Wildman–Crippen LogP) is 4.75. The van der Waals surface area contributed by atoms with E-state index < -0.39 is 0 Å². The Kier molecular flexibility index (Phi) is 5.24. The molecule has 0 fully saturated rings. The van der Waals surface area contributed by atoms with Crippen LogP contribution in [-0.2, 0) is 0 Å². The molecule has 4 heteroatoms. The van der Waals surface area contributed by atoms with Crippen LogP contribution in [0.1, 0.15) is 42.4 Å². The van der Waals surface area contributed by atoms with E-state index in [9.17, 15) is 0 Å². The highest BCUT2D eigenvalue weighted by Crippen LogP contribution is 2.28. The molecule has 1 atom stereocenters. The van der Waals surface area contributed by atoms with Crippen LogP contribution in [0.4, 0.5) is 0 Å². The third-order valence-corrected chi connectivity index (χ3v) is 4.08. The SMILES string of the molecule is CCC(CCOc1c(C)cc(Br)cc1C)c1cn[nH]c1. The van der Waals surface area contributed by atoms with Gasteiger partial charge in [-0.15, -0.1) is 0 Å². The summed E-state index contributed by atoms with van der Waals surface area (Å²) in [5.41, 5.74) is 3.61. The minimum atomic E-state index is 0.504. The second kappa shape index (κ2) is 6.93. The van der Waals surface area contributed by atoms with Crippen LogP contribution in [0.15, 0.2) is 29.0 Å². The van der Waals surface area contributed by atoms with Crippen molar-refractivity contribution in [2.45, 2.75) is 39.5 Å². The second-order valence-corrected chi connectivity index (χ2v) is 6.06. The number of aromatic amines is 1. The predicted molar refractivity (Wildman–Crippen MR) is 85.3 cm³/mol. The van der Waals surface area contributed by atoms with Gasteiger partial charge in [-0.3, -0.25) is 5.10 Å². The van der Waals surface area contributed by atoms with Gasteiger partial charge in [0, 0.05) is 10.7 Å². The lowest BCUT2D eigenvalue weighted by Gasteiger charge is -2.16. The summed E-state index contributed by atoms with van der Waals surface area (Å²) in [4.78, 5) is 0. The van der Waals surface area contributed by atoms with Gasteiger partial charge in [0.15, 0.2) is 0 Å².